The first-order chi connectivity index (χ1) is 15.1. The van der Waals surface area contributed by atoms with Crippen LogP contribution in [0.3, 0.4) is 0 Å². The molecule has 0 unspecified atom stereocenters. The number of carbonyl (C=O) groups excluding carboxylic acids is 2. The Morgan fingerprint density at radius 3 is 2.32 bits per heavy atom. The van der Waals surface area contributed by atoms with E-state index in [-0.39, 0.29) is 24.4 Å². The molecule has 4 rings (SSSR count). The first kappa shape index (κ1) is 21.7. The summed E-state index contributed by atoms with van der Waals surface area (Å²) in [5.41, 5.74) is 1.43. The predicted molar refractivity (Wildman–Crippen MR) is 119 cm³/mol. The minimum Gasteiger partial charge on any atom is -0.444 e. The normalized spacial score (nSPS) is 18.0. The van der Waals surface area contributed by atoms with E-state index in [9.17, 15) is 9.59 Å². The highest BCUT2D eigenvalue weighted by molar-refractivity contribution is 6.30. The van der Waals surface area contributed by atoms with Crippen molar-refractivity contribution >= 4 is 23.5 Å². The fourth-order valence-corrected chi connectivity index (χ4v) is 4.44. The number of rotatable bonds is 5. The Bertz CT molecular complexity index is 884. The Kier molecular flexibility index (Phi) is 7.12. The highest BCUT2D eigenvalue weighted by Crippen LogP contribution is 2.22. The third-order valence-electron chi connectivity index (χ3n) is 6.10. The van der Waals surface area contributed by atoms with Gasteiger partial charge in [-0.3, -0.25) is 4.79 Å². The van der Waals surface area contributed by atoms with Crippen molar-refractivity contribution in [2.24, 2.45) is 0 Å². The molecule has 166 valence electrons. The summed E-state index contributed by atoms with van der Waals surface area (Å²) in [7, 11) is 0. The summed E-state index contributed by atoms with van der Waals surface area (Å²) in [6.07, 6.45) is 9.06. The molecule has 0 spiro atoms. The summed E-state index contributed by atoms with van der Waals surface area (Å²) >= 11 is 5.91. The molecule has 8 heteroatoms. The molecule has 1 aliphatic heterocycles. The Labute approximate surface area is 187 Å². The molecule has 1 aromatic carbocycles. The van der Waals surface area contributed by atoms with Crippen molar-refractivity contribution in [2.45, 2.75) is 63.5 Å². The van der Waals surface area contributed by atoms with Crippen LogP contribution in [0.5, 0.6) is 0 Å². The van der Waals surface area contributed by atoms with E-state index in [0.717, 1.165) is 31.2 Å². The van der Waals surface area contributed by atoms with Crippen LogP contribution in [0.25, 0.3) is 11.5 Å². The zero-order valence-electron chi connectivity index (χ0n) is 17.6. The number of nitrogens with zero attached hydrogens (tertiary/aromatic N) is 2. The summed E-state index contributed by atoms with van der Waals surface area (Å²) in [5.74, 6) is 0.507. The van der Waals surface area contributed by atoms with Gasteiger partial charge in [-0.15, -0.1) is 0 Å². The smallest absolute Gasteiger partial charge is 0.315 e. The van der Waals surface area contributed by atoms with Crippen LogP contribution >= 0.6 is 11.6 Å². The van der Waals surface area contributed by atoms with Crippen molar-refractivity contribution < 1.29 is 14.0 Å². The summed E-state index contributed by atoms with van der Waals surface area (Å²) in [6, 6.07) is 7.56. The lowest BCUT2D eigenvalue weighted by Crippen LogP contribution is -2.51. The summed E-state index contributed by atoms with van der Waals surface area (Å²) in [4.78, 5) is 31.2. The molecule has 3 amide bonds. The maximum Gasteiger partial charge on any atom is 0.315 e. The van der Waals surface area contributed by atoms with E-state index < -0.39 is 0 Å². The average molecular weight is 445 g/mol. The molecule has 0 radical (unpaired) electrons. The van der Waals surface area contributed by atoms with E-state index in [1.165, 1.54) is 25.5 Å². The molecule has 2 heterocycles. The first-order valence-electron chi connectivity index (χ1n) is 11.1. The molecule has 0 atom stereocenters. The zero-order chi connectivity index (χ0) is 21.6. The summed E-state index contributed by atoms with van der Waals surface area (Å²) in [6.45, 7) is 1.27. The van der Waals surface area contributed by atoms with Crippen LogP contribution in [-0.2, 0) is 11.2 Å². The van der Waals surface area contributed by atoms with Crippen molar-refractivity contribution in [2.75, 3.05) is 13.1 Å². The monoisotopic (exact) mass is 444 g/mol. The number of benzene rings is 1. The van der Waals surface area contributed by atoms with Gasteiger partial charge in [0.25, 0.3) is 0 Å². The summed E-state index contributed by atoms with van der Waals surface area (Å²) < 4.78 is 5.52. The second kappa shape index (κ2) is 10.2. The predicted octanol–water partition coefficient (Wildman–Crippen LogP) is 4.16. The molecule has 1 saturated carbocycles. The second-order valence-corrected chi connectivity index (χ2v) is 8.87. The number of carbonyl (C=O) groups is 2. The number of aromatic nitrogens is 1. The van der Waals surface area contributed by atoms with Gasteiger partial charge >= 0.3 is 6.03 Å². The van der Waals surface area contributed by atoms with E-state index in [1.54, 1.807) is 12.1 Å². The van der Waals surface area contributed by atoms with Gasteiger partial charge in [-0.25, -0.2) is 9.78 Å². The van der Waals surface area contributed by atoms with Gasteiger partial charge in [0.1, 0.15) is 6.26 Å². The second-order valence-electron chi connectivity index (χ2n) is 8.44. The number of urea groups is 1. The number of nitrogens with one attached hydrogen (secondary N) is 2. The number of hydrogen-bond acceptors (Lipinski definition) is 4. The van der Waals surface area contributed by atoms with Crippen molar-refractivity contribution in [1.29, 1.82) is 0 Å². The zero-order valence-corrected chi connectivity index (χ0v) is 18.4. The summed E-state index contributed by atoms with van der Waals surface area (Å²) in [5, 5.41) is 6.82. The maximum atomic E-state index is 12.7. The molecule has 2 N–H and O–H groups in total. The quantitative estimate of drug-likeness (QED) is 0.724. The van der Waals surface area contributed by atoms with Gasteiger partial charge in [0, 0.05) is 35.8 Å². The molecule has 1 aromatic heterocycles. The van der Waals surface area contributed by atoms with E-state index >= 15 is 0 Å². The minimum absolute atomic E-state index is 0.0288. The number of piperidine rings is 1. The third kappa shape index (κ3) is 6.00. The highest BCUT2D eigenvalue weighted by atomic mass is 35.5. The van der Waals surface area contributed by atoms with Gasteiger partial charge in [-0.1, -0.05) is 30.9 Å². The van der Waals surface area contributed by atoms with Crippen LogP contribution in [0.15, 0.2) is 34.9 Å². The lowest BCUT2D eigenvalue weighted by atomic mass is 9.96. The van der Waals surface area contributed by atoms with Gasteiger partial charge in [0.2, 0.25) is 11.8 Å². The number of hydrogen-bond donors (Lipinski definition) is 2. The number of oxazole rings is 1. The Balaban J connectivity index is 1.21. The maximum absolute atomic E-state index is 12.7. The van der Waals surface area contributed by atoms with Crippen LogP contribution in [-0.4, -0.2) is 47.0 Å². The molecular formula is C23H29ClN4O3. The van der Waals surface area contributed by atoms with E-state index in [0.29, 0.717) is 35.7 Å². The van der Waals surface area contributed by atoms with Gasteiger partial charge in [-0.2, -0.15) is 0 Å². The largest absolute Gasteiger partial charge is 0.444 e. The molecule has 31 heavy (non-hydrogen) atoms. The van der Waals surface area contributed by atoms with Crippen molar-refractivity contribution in [1.82, 2.24) is 20.5 Å². The van der Waals surface area contributed by atoms with E-state index in [1.807, 2.05) is 17.0 Å². The number of halogens is 1. The van der Waals surface area contributed by atoms with Crippen molar-refractivity contribution in [3.05, 3.63) is 41.2 Å². The van der Waals surface area contributed by atoms with E-state index in [4.69, 9.17) is 16.0 Å². The van der Waals surface area contributed by atoms with Crippen LogP contribution in [0.4, 0.5) is 4.79 Å². The lowest BCUT2D eigenvalue weighted by molar-refractivity contribution is -0.131. The van der Waals surface area contributed by atoms with Crippen LogP contribution < -0.4 is 10.6 Å². The lowest BCUT2D eigenvalue weighted by Gasteiger charge is -2.33. The van der Waals surface area contributed by atoms with Crippen LogP contribution in [0.2, 0.25) is 5.02 Å². The molecule has 2 aromatic rings. The van der Waals surface area contributed by atoms with Crippen molar-refractivity contribution in [3.63, 3.8) is 0 Å². The first-order valence-corrected chi connectivity index (χ1v) is 11.5. The topological polar surface area (TPSA) is 87.5 Å². The Morgan fingerprint density at radius 2 is 1.65 bits per heavy atom. The number of amides is 3. The molecule has 0 bridgehead atoms. The average Bonchev–Trinajstić information content (AvgIpc) is 3.24. The molecular weight excluding hydrogens is 416 g/mol. The fourth-order valence-electron chi connectivity index (χ4n) is 4.31. The fraction of sp³-hybridized carbons (Fsp3) is 0.522. The Hall–Kier alpha value is -2.54. The Morgan fingerprint density at radius 1 is 1.00 bits per heavy atom. The van der Waals surface area contributed by atoms with E-state index in [2.05, 4.69) is 15.6 Å². The van der Waals surface area contributed by atoms with Gasteiger partial charge in [0.05, 0.1) is 12.1 Å². The van der Waals surface area contributed by atoms with Crippen LogP contribution in [0.1, 0.15) is 50.6 Å². The third-order valence-corrected chi connectivity index (χ3v) is 6.35. The highest BCUT2D eigenvalue weighted by Gasteiger charge is 2.25. The van der Waals surface area contributed by atoms with Gasteiger partial charge < -0.3 is 20.0 Å². The minimum atomic E-state index is -0.0750. The molecule has 1 aliphatic carbocycles. The van der Waals surface area contributed by atoms with Crippen LogP contribution in [0, 0.1) is 0 Å². The SMILES string of the molecule is O=C(NC1CCCCC1)NC1CCN(C(=O)Cc2coc(-c3ccc(Cl)cc3)n2)CC1. The van der Waals surface area contributed by atoms with Crippen molar-refractivity contribution in [3.8, 4) is 11.5 Å². The van der Waals surface area contributed by atoms with Gasteiger partial charge in [0.15, 0.2) is 0 Å². The molecule has 2 fully saturated rings. The standard InChI is InChI=1S/C23H29ClN4O3/c24-17-8-6-16(7-9-17)22-25-20(15-31-22)14-21(29)28-12-10-19(11-13-28)27-23(30)26-18-4-2-1-3-5-18/h6-9,15,18-19H,1-5,10-14H2,(H2,26,27,30). The molecule has 7 nitrogen and oxygen atoms in total. The number of likely N-dealkylation sites (tertiary alicyclic amines) is 1. The molecule has 2 aliphatic rings. The molecule has 1 saturated heterocycles. The van der Waals surface area contributed by atoms with Gasteiger partial charge in [-0.05, 0) is 49.9 Å².